The van der Waals surface area contributed by atoms with Crippen molar-refractivity contribution in [2.75, 3.05) is 6.26 Å². The summed E-state index contributed by atoms with van der Waals surface area (Å²) in [6.07, 6.45) is 2.60. The number of nitrogens with zero attached hydrogens (tertiary/aromatic N) is 1. The summed E-state index contributed by atoms with van der Waals surface area (Å²) in [5, 5.41) is 2.75. The highest BCUT2D eigenvalue weighted by Crippen LogP contribution is 2.22. The number of aromatic nitrogens is 1. The second-order valence-corrected chi connectivity index (χ2v) is 8.00. The van der Waals surface area contributed by atoms with E-state index in [0.29, 0.717) is 5.69 Å². The maximum absolute atomic E-state index is 14.2. The van der Waals surface area contributed by atoms with Gasteiger partial charge in [-0.1, -0.05) is 36.4 Å². The third-order valence-corrected chi connectivity index (χ3v) is 5.11. The molecule has 0 aliphatic rings. The van der Waals surface area contributed by atoms with E-state index in [0.717, 1.165) is 30.0 Å². The van der Waals surface area contributed by atoms with Crippen molar-refractivity contribution < 1.29 is 17.6 Å². The zero-order valence-corrected chi connectivity index (χ0v) is 15.3. The van der Waals surface area contributed by atoms with E-state index >= 15 is 0 Å². The van der Waals surface area contributed by atoms with Gasteiger partial charge in [0.05, 0.1) is 22.2 Å². The van der Waals surface area contributed by atoms with E-state index < -0.39 is 27.6 Å². The van der Waals surface area contributed by atoms with E-state index in [9.17, 15) is 17.6 Å². The van der Waals surface area contributed by atoms with Gasteiger partial charge in [0.15, 0.2) is 9.84 Å². The number of pyridine rings is 1. The van der Waals surface area contributed by atoms with Crippen molar-refractivity contribution in [1.29, 1.82) is 0 Å². The topological polar surface area (TPSA) is 76.1 Å². The van der Waals surface area contributed by atoms with Gasteiger partial charge < -0.3 is 5.32 Å². The zero-order valence-electron chi connectivity index (χ0n) is 14.5. The summed E-state index contributed by atoms with van der Waals surface area (Å²) >= 11 is 0. The number of rotatable bonds is 5. The largest absolute Gasteiger partial charge is 0.339 e. The highest BCUT2D eigenvalue weighted by atomic mass is 32.2. The molecule has 0 fully saturated rings. The van der Waals surface area contributed by atoms with E-state index in [4.69, 9.17) is 0 Å². The smallest absolute Gasteiger partial charge is 0.255 e. The first-order chi connectivity index (χ1) is 12.9. The van der Waals surface area contributed by atoms with Gasteiger partial charge in [0.1, 0.15) is 5.82 Å². The van der Waals surface area contributed by atoms with Gasteiger partial charge in [0, 0.05) is 12.5 Å². The molecule has 1 aromatic heterocycles. The molecule has 0 unspecified atom stereocenters. The Balaban J connectivity index is 1.99. The molecule has 1 heterocycles. The fourth-order valence-corrected chi connectivity index (χ4v) is 3.29. The average Bonchev–Trinajstić information content (AvgIpc) is 2.66. The lowest BCUT2D eigenvalue weighted by Crippen LogP contribution is -2.30. The fraction of sp³-hybridized carbons (Fsp3) is 0.100. The molecule has 5 nitrogen and oxygen atoms in total. The molecule has 3 rings (SSSR count). The predicted molar refractivity (Wildman–Crippen MR) is 99.5 cm³/mol. The number of halogens is 1. The highest BCUT2D eigenvalue weighted by Gasteiger charge is 2.22. The van der Waals surface area contributed by atoms with Gasteiger partial charge in [0.25, 0.3) is 5.91 Å². The van der Waals surface area contributed by atoms with E-state index in [-0.39, 0.29) is 10.5 Å². The standard InChI is InChI=1S/C20H17FN2O3S/c1-27(25,26)15-10-11-17(21)16(13-15)20(24)23-19(14-7-3-2-4-8-14)18-9-5-6-12-22-18/h2-13,19H,1H3,(H,23,24)/t19-/m0/s1. The van der Waals surface area contributed by atoms with Crippen molar-refractivity contribution in [2.24, 2.45) is 0 Å². The van der Waals surface area contributed by atoms with Crippen LogP contribution >= 0.6 is 0 Å². The first kappa shape index (κ1) is 18.7. The molecule has 0 spiro atoms. The Labute approximate surface area is 156 Å². The van der Waals surface area contributed by atoms with Crippen LogP contribution in [0.5, 0.6) is 0 Å². The minimum absolute atomic E-state index is 0.122. The number of hydrogen-bond donors (Lipinski definition) is 1. The third kappa shape index (κ3) is 4.38. The molecule has 1 amide bonds. The van der Waals surface area contributed by atoms with Crippen LogP contribution in [0.3, 0.4) is 0 Å². The van der Waals surface area contributed by atoms with Crippen LogP contribution in [0.15, 0.2) is 77.8 Å². The van der Waals surface area contributed by atoms with Gasteiger partial charge in [0.2, 0.25) is 0 Å². The van der Waals surface area contributed by atoms with Crippen molar-refractivity contribution >= 4 is 15.7 Å². The summed E-state index contributed by atoms with van der Waals surface area (Å²) in [5.74, 6) is -1.52. The number of carbonyl (C=O) groups is 1. The summed E-state index contributed by atoms with van der Waals surface area (Å²) in [7, 11) is -3.57. The van der Waals surface area contributed by atoms with Crippen molar-refractivity contribution in [3.63, 3.8) is 0 Å². The summed E-state index contributed by atoms with van der Waals surface area (Å²) in [4.78, 5) is 16.9. The van der Waals surface area contributed by atoms with E-state index in [1.165, 1.54) is 0 Å². The summed E-state index contributed by atoms with van der Waals surface area (Å²) in [6.45, 7) is 0. The molecule has 1 N–H and O–H groups in total. The normalized spacial score (nSPS) is 12.4. The molecular formula is C20H17FN2O3S. The Bertz CT molecular complexity index is 1020. The molecule has 3 aromatic rings. The van der Waals surface area contributed by atoms with Crippen molar-refractivity contribution in [3.8, 4) is 0 Å². The van der Waals surface area contributed by atoms with Crippen molar-refractivity contribution in [1.82, 2.24) is 10.3 Å². The van der Waals surface area contributed by atoms with Crippen molar-refractivity contribution in [3.05, 3.63) is 95.6 Å². The molecule has 0 bridgehead atoms. The summed E-state index contributed by atoms with van der Waals surface area (Å²) < 4.78 is 37.6. The Kier molecular flexibility index (Phi) is 5.32. The number of carbonyl (C=O) groups excluding carboxylic acids is 1. The van der Waals surface area contributed by atoms with Crippen LogP contribution in [0.4, 0.5) is 4.39 Å². The minimum Gasteiger partial charge on any atom is -0.339 e. The summed E-state index contributed by atoms with van der Waals surface area (Å²) in [6, 6.07) is 17.0. The number of benzene rings is 2. The molecule has 0 radical (unpaired) electrons. The quantitative estimate of drug-likeness (QED) is 0.686. The van der Waals surface area contributed by atoms with Crippen molar-refractivity contribution in [2.45, 2.75) is 10.9 Å². The second-order valence-electron chi connectivity index (χ2n) is 5.99. The monoisotopic (exact) mass is 384 g/mol. The van der Waals surface area contributed by atoms with Crippen LogP contribution in [0.1, 0.15) is 27.7 Å². The van der Waals surface area contributed by atoms with Crippen LogP contribution in [0.2, 0.25) is 0 Å². The lowest BCUT2D eigenvalue weighted by atomic mass is 10.0. The lowest BCUT2D eigenvalue weighted by Gasteiger charge is -2.19. The molecule has 0 saturated heterocycles. The third-order valence-electron chi connectivity index (χ3n) is 4.00. The van der Waals surface area contributed by atoms with Crippen LogP contribution in [0, 0.1) is 5.82 Å². The Morgan fingerprint density at radius 1 is 1.04 bits per heavy atom. The number of hydrogen-bond acceptors (Lipinski definition) is 4. The first-order valence-electron chi connectivity index (χ1n) is 8.12. The zero-order chi connectivity index (χ0) is 19.4. The van der Waals surface area contributed by atoms with Crippen LogP contribution in [-0.4, -0.2) is 25.6 Å². The van der Waals surface area contributed by atoms with E-state index in [1.807, 2.05) is 30.3 Å². The van der Waals surface area contributed by atoms with Gasteiger partial charge in [-0.2, -0.15) is 0 Å². The predicted octanol–water partition coefficient (Wildman–Crippen LogP) is 3.14. The maximum atomic E-state index is 14.2. The SMILES string of the molecule is CS(=O)(=O)c1ccc(F)c(C(=O)N[C@@H](c2ccccc2)c2ccccn2)c1. The van der Waals surface area contributed by atoms with Gasteiger partial charge in [-0.25, -0.2) is 12.8 Å². The fourth-order valence-electron chi connectivity index (χ4n) is 2.64. The van der Waals surface area contributed by atoms with Gasteiger partial charge in [-0.15, -0.1) is 0 Å². The molecule has 2 aromatic carbocycles. The second kappa shape index (κ2) is 7.67. The number of nitrogens with one attached hydrogen (secondary N) is 1. The van der Waals surface area contributed by atoms with Crippen LogP contribution in [0.25, 0.3) is 0 Å². The first-order valence-corrected chi connectivity index (χ1v) is 10.0. The van der Waals surface area contributed by atoms with Gasteiger partial charge in [-0.05, 0) is 35.9 Å². The number of amides is 1. The maximum Gasteiger partial charge on any atom is 0.255 e. The lowest BCUT2D eigenvalue weighted by molar-refractivity contribution is 0.0938. The Hall–Kier alpha value is -3.06. The average molecular weight is 384 g/mol. The van der Waals surface area contributed by atoms with Gasteiger partial charge >= 0.3 is 0 Å². The van der Waals surface area contributed by atoms with Crippen LogP contribution < -0.4 is 5.32 Å². The number of sulfone groups is 1. The highest BCUT2D eigenvalue weighted by molar-refractivity contribution is 7.90. The molecule has 7 heteroatoms. The molecule has 0 saturated carbocycles. The van der Waals surface area contributed by atoms with Gasteiger partial charge in [-0.3, -0.25) is 9.78 Å². The molecule has 0 aliphatic heterocycles. The molecule has 1 atom stereocenters. The molecular weight excluding hydrogens is 367 g/mol. The minimum atomic E-state index is -3.57. The Morgan fingerprint density at radius 2 is 1.74 bits per heavy atom. The van der Waals surface area contributed by atoms with Crippen LogP contribution in [-0.2, 0) is 9.84 Å². The molecule has 27 heavy (non-hydrogen) atoms. The van der Waals surface area contributed by atoms with E-state index in [2.05, 4.69) is 10.3 Å². The summed E-state index contributed by atoms with van der Waals surface area (Å²) in [5.41, 5.74) is 1.01. The van der Waals surface area contributed by atoms with E-state index in [1.54, 1.807) is 24.4 Å². The molecule has 0 aliphatic carbocycles. The Morgan fingerprint density at radius 3 is 2.37 bits per heavy atom. The molecule has 138 valence electrons.